The van der Waals surface area contributed by atoms with E-state index in [9.17, 15) is 9.59 Å². The highest BCUT2D eigenvalue weighted by Crippen LogP contribution is 2.38. The first-order chi connectivity index (χ1) is 15.4. The zero-order chi connectivity index (χ0) is 22.8. The van der Waals surface area contributed by atoms with Crippen molar-refractivity contribution in [3.8, 4) is 0 Å². The van der Waals surface area contributed by atoms with Gasteiger partial charge < -0.3 is 5.32 Å². The molecule has 3 aromatic rings. The third kappa shape index (κ3) is 4.56. The Labute approximate surface area is 201 Å². The van der Waals surface area contributed by atoms with Crippen LogP contribution in [0.25, 0.3) is 0 Å². The first-order valence-electron chi connectivity index (χ1n) is 10.1. The molecule has 0 saturated carbocycles. The fourth-order valence-corrected chi connectivity index (χ4v) is 4.63. The first-order valence-corrected chi connectivity index (χ1v) is 11.6. The Bertz CT molecular complexity index is 1220. The summed E-state index contributed by atoms with van der Waals surface area (Å²) in [6.45, 7) is 3.95. The largest absolute Gasteiger partial charge is 0.350 e. The summed E-state index contributed by atoms with van der Waals surface area (Å²) in [6, 6.07) is 19.9. The van der Waals surface area contributed by atoms with Crippen LogP contribution < -0.4 is 10.2 Å². The van der Waals surface area contributed by atoms with Gasteiger partial charge in [0, 0.05) is 20.6 Å². The molecule has 0 unspecified atom stereocenters. The molecule has 1 N–H and O–H groups in total. The van der Waals surface area contributed by atoms with Crippen molar-refractivity contribution in [2.75, 3.05) is 10.2 Å². The Morgan fingerprint density at radius 2 is 1.53 bits per heavy atom. The van der Waals surface area contributed by atoms with Crippen molar-refractivity contribution in [2.45, 2.75) is 25.2 Å². The zero-order valence-corrected chi connectivity index (χ0v) is 19.8. The van der Waals surface area contributed by atoms with Crippen LogP contribution in [-0.4, -0.2) is 11.8 Å². The number of halogens is 2. The average molecular weight is 483 g/mol. The SMILES string of the molecule is CCc1ccc(N2C(=O)C(Nc3ccc(Cl)cc3C)=C(Sc3ccc(Cl)cc3)C2=O)cc1. The number of amides is 2. The number of benzene rings is 3. The molecule has 4 nitrogen and oxygen atoms in total. The van der Waals surface area contributed by atoms with Gasteiger partial charge in [0.1, 0.15) is 10.6 Å². The van der Waals surface area contributed by atoms with Crippen molar-refractivity contribution in [3.05, 3.63) is 98.5 Å². The lowest BCUT2D eigenvalue weighted by Gasteiger charge is -2.16. The van der Waals surface area contributed by atoms with Gasteiger partial charge in [0.2, 0.25) is 0 Å². The Morgan fingerprint density at radius 3 is 2.16 bits per heavy atom. The smallest absolute Gasteiger partial charge is 0.283 e. The molecule has 1 aliphatic heterocycles. The van der Waals surface area contributed by atoms with Crippen LogP contribution >= 0.6 is 35.0 Å². The number of nitrogens with zero attached hydrogens (tertiary/aromatic N) is 1. The summed E-state index contributed by atoms with van der Waals surface area (Å²) in [5, 5.41) is 4.39. The predicted molar refractivity (Wildman–Crippen MR) is 132 cm³/mol. The minimum absolute atomic E-state index is 0.236. The van der Waals surface area contributed by atoms with Crippen LogP contribution in [0.5, 0.6) is 0 Å². The number of anilines is 2. The zero-order valence-electron chi connectivity index (χ0n) is 17.5. The molecule has 7 heteroatoms. The second kappa shape index (κ2) is 9.41. The lowest BCUT2D eigenvalue weighted by Crippen LogP contribution is -2.32. The lowest BCUT2D eigenvalue weighted by molar-refractivity contribution is -0.120. The number of thioether (sulfide) groups is 1. The minimum Gasteiger partial charge on any atom is -0.350 e. The molecule has 0 spiro atoms. The second-order valence-electron chi connectivity index (χ2n) is 7.31. The number of hydrogen-bond acceptors (Lipinski definition) is 4. The van der Waals surface area contributed by atoms with E-state index >= 15 is 0 Å². The highest BCUT2D eigenvalue weighted by atomic mass is 35.5. The highest BCUT2D eigenvalue weighted by molar-refractivity contribution is 8.04. The van der Waals surface area contributed by atoms with Crippen molar-refractivity contribution in [3.63, 3.8) is 0 Å². The molecule has 0 saturated heterocycles. The molecule has 0 aliphatic carbocycles. The van der Waals surface area contributed by atoms with Crippen molar-refractivity contribution in [1.29, 1.82) is 0 Å². The summed E-state index contributed by atoms with van der Waals surface area (Å²) in [4.78, 5) is 29.2. The fourth-order valence-electron chi connectivity index (χ4n) is 3.35. The molecule has 0 bridgehead atoms. The molecule has 2 amide bonds. The molecule has 1 heterocycles. The molecular formula is C25H20Cl2N2O2S. The van der Waals surface area contributed by atoms with Gasteiger partial charge in [-0.3, -0.25) is 9.59 Å². The van der Waals surface area contributed by atoms with Crippen molar-refractivity contribution < 1.29 is 9.59 Å². The normalized spacial score (nSPS) is 13.8. The number of hydrogen-bond donors (Lipinski definition) is 1. The lowest BCUT2D eigenvalue weighted by atomic mass is 10.1. The molecule has 162 valence electrons. The van der Waals surface area contributed by atoms with Gasteiger partial charge in [0.15, 0.2) is 0 Å². The molecule has 32 heavy (non-hydrogen) atoms. The highest BCUT2D eigenvalue weighted by Gasteiger charge is 2.40. The third-order valence-corrected chi connectivity index (χ3v) is 6.70. The monoisotopic (exact) mass is 482 g/mol. The fraction of sp³-hybridized carbons (Fsp3) is 0.120. The van der Waals surface area contributed by atoms with E-state index in [-0.39, 0.29) is 11.6 Å². The summed E-state index contributed by atoms with van der Waals surface area (Å²) in [6.07, 6.45) is 0.876. The van der Waals surface area contributed by atoms with Crippen LogP contribution in [0.15, 0.2) is 82.2 Å². The van der Waals surface area contributed by atoms with E-state index in [2.05, 4.69) is 12.2 Å². The van der Waals surface area contributed by atoms with Gasteiger partial charge in [-0.25, -0.2) is 4.90 Å². The van der Waals surface area contributed by atoms with Gasteiger partial charge >= 0.3 is 0 Å². The number of nitrogens with one attached hydrogen (secondary N) is 1. The quantitative estimate of drug-likeness (QED) is 0.390. The molecule has 0 atom stereocenters. The second-order valence-corrected chi connectivity index (χ2v) is 9.27. The number of carbonyl (C=O) groups excluding carboxylic acids is 2. The Kier molecular flexibility index (Phi) is 6.60. The van der Waals surface area contributed by atoms with Gasteiger partial charge in [0.25, 0.3) is 11.8 Å². The van der Waals surface area contributed by atoms with Crippen molar-refractivity contribution >= 4 is 58.2 Å². The maximum absolute atomic E-state index is 13.4. The summed E-state index contributed by atoms with van der Waals surface area (Å²) < 4.78 is 0. The number of rotatable bonds is 6. The molecule has 0 aromatic heterocycles. The van der Waals surface area contributed by atoms with Gasteiger partial charge in [-0.2, -0.15) is 0 Å². The Hall–Kier alpha value is -2.73. The molecule has 0 fully saturated rings. The van der Waals surface area contributed by atoms with E-state index < -0.39 is 5.91 Å². The van der Waals surface area contributed by atoms with E-state index in [1.165, 1.54) is 16.7 Å². The van der Waals surface area contributed by atoms with E-state index in [4.69, 9.17) is 23.2 Å². The van der Waals surface area contributed by atoms with Crippen LogP contribution in [0.2, 0.25) is 10.0 Å². The van der Waals surface area contributed by atoms with Crippen LogP contribution in [0.1, 0.15) is 18.1 Å². The topological polar surface area (TPSA) is 49.4 Å². The summed E-state index contributed by atoms with van der Waals surface area (Å²) in [7, 11) is 0. The standard InChI is InChI=1S/C25H20Cl2N2O2S/c1-3-16-4-9-19(10-5-16)29-24(30)22(28-21-13-8-18(27)14-15(21)2)23(25(29)31)32-20-11-6-17(26)7-12-20/h4-14,28H,3H2,1-2H3. The first kappa shape index (κ1) is 22.5. The molecule has 3 aromatic carbocycles. The Balaban J connectivity index is 1.74. The third-order valence-electron chi connectivity index (χ3n) is 5.13. The number of aryl methyl sites for hydroxylation is 2. The van der Waals surface area contributed by atoms with E-state index in [1.807, 2.05) is 31.2 Å². The number of imide groups is 1. The molecular weight excluding hydrogens is 463 g/mol. The maximum Gasteiger partial charge on any atom is 0.283 e. The van der Waals surface area contributed by atoms with Gasteiger partial charge in [-0.05, 0) is 79.1 Å². The van der Waals surface area contributed by atoms with Crippen molar-refractivity contribution in [1.82, 2.24) is 0 Å². The summed E-state index contributed by atoms with van der Waals surface area (Å²) in [5.74, 6) is -0.765. The number of carbonyl (C=O) groups is 2. The van der Waals surface area contributed by atoms with Crippen molar-refractivity contribution in [2.24, 2.45) is 0 Å². The van der Waals surface area contributed by atoms with E-state index in [0.29, 0.717) is 26.3 Å². The van der Waals surface area contributed by atoms with E-state index in [0.717, 1.165) is 22.4 Å². The van der Waals surface area contributed by atoms with Gasteiger partial charge in [-0.1, -0.05) is 54.0 Å². The van der Waals surface area contributed by atoms with Crippen LogP contribution in [0, 0.1) is 6.92 Å². The van der Waals surface area contributed by atoms with Crippen LogP contribution in [0.3, 0.4) is 0 Å². The van der Waals surface area contributed by atoms with E-state index in [1.54, 1.807) is 42.5 Å². The summed E-state index contributed by atoms with van der Waals surface area (Å²) >= 11 is 13.3. The Morgan fingerprint density at radius 1 is 0.875 bits per heavy atom. The molecule has 4 rings (SSSR count). The van der Waals surface area contributed by atoms with Crippen LogP contribution in [-0.2, 0) is 16.0 Å². The molecule has 1 aliphatic rings. The van der Waals surface area contributed by atoms with Crippen LogP contribution in [0.4, 0.5) is 11.4 Å². The maximum atomic E-state index is 13.4. The average Bonchev–Trinajstić information content (AvgIpc) is 3.01. The van der Waals surface area contributed by atoms with Gasteiger partial charge in [-0.15, -0.1) is 0 Å². The minimum atomic E-state index is -0.398. The predicted octanol–water partition coefficient (Wildman–Crippen LogP) is 6.85. The summed E-state index contributed by atoms with van der Waals surface area (Å²) in [5.41, 5.74) is 3.48. The van der Waals surface area contributed by atoms with Gasteiger partial charge in [0.05, 0.1) is 5.69 Å². The molecule has 0 radical (unpaired) electrons.